The fourth-order valence-electron chi connectivity index (χ4n) is 2.19. The molecule has 0 heterocycles. The van der Waals surface area contributed by atoms with E-state index in [1.807, 2.05) is 24.3 Å². The van der Waals surface area contributed by atoms with Crippen molar-refractivity contribution in [3.63, 3.8) is 0 Å². The SMILES string of the molecule is COC(=O)C1(C#Cc2ccc3cc(Br)ccc3c2)CC1. The van der Waals surface area contributed by atoms with E-state index in [0.717, 1.165) is 28.3 Å². The van der Waals surface area contributed by atoms with E-state index in [2.05, 4.69) is 39.9 Å². The first-order valence-electron chi connectivity index (χ1n) is 6.44. The van der Waals surface area contributed by atoms with Gasteiger partial charge in [0.15, 0.2) is 0 Å². The van der Waals surface area contributed by atoms with Crippen molar-refractivity contribution in [1.29, 1.82) is 0 Å². The molecule has 0 aromatic heterocycles. The van der Waals surface area contributed by atoms with Crippen molar-refractivity contribution in [1.82, 2.24) is 0 Å². The van der Waals surface area contributed by atoms with Gasteiger partial charge in [-0.2, -0.15) is 0 Å². The summed E-state index contributed by atoms with van der Waals surface area (Å²) in [5.74, 6) is 5.97. The summed E-state index contributed by atoms with van der Waals surface area (Å²) in [7, 11) is 1.41. The number of halogens is 1. The molecule has 1 fully saturated rings. The van der Waals surface area contributed by atoms with Crippen LogP contribution in [0.3, 0.4) is 0 Å². The molecule has 2 aromatic carbocycles. The summed E-state index contributed by atoms with van der Waals surface area (Å²) in [6.07, 6.45) is 1.60. The molecule has 2 nitrogen and oxygen atoms in total. The van der Waals surface area contributed by atoms with E-state index in [4.69, 9.17) is 4.74 Å². The lowest BCUT2D eigenvalue weighted by Crippen LogP contribution is -2.15. The van der Waals surface area contributed by atoms with Gasteiger partial charge in [0.25, 0.3) is 0 Å². The van der Waals surface area contributed by atoms with Crippen LogP contribution in [-0.4, -0.2) is 13.1 Å². The van der Waals surface area contributed by atoms with Gasteiger partial charge in [-0.05, 0) is 47.9 Å². The van der Waals surface area contributed by atoms with Crippen LogP contribution in [0.25, 0.3) is 10.8 Å². The van der Waals surface area contributed by atoms with E-state index >= 15 is 0 Å². The molecule has 0 spiro atoms. The summed E-state index contributed by atoms with van der Waals surface area (Å²) in [4.78, 5) is 11.6. The van der Waals surface area contributed by atoms with Gasteiger partial charge in [-0.15, -0.1) is 0 Å². The highest BCUT2D eigenvalue weighted by Crippen LogP contribution is 2.46. The maximum Gasteiger partial charge on any atom is 0.324 e. The molecule has 100 valence electrons. The molecule has 3 heteroatoms. The van der Waals surface area contributed by atoms with Crippen molar-refractivity contribution in [3.8, 4) is 11.8 Å². The van der Waals surface area contributed by atoms with Gasteiger partial charge in [0, 0.05) is 10.0 Å². The molecule has 0 radical (unpaired) electrons. The molecule has 1 saturated carbocycles. The normalized spacial score (nSPS) is 15.3. The molecule has 0 amide bonds. The van der Waals surface area contributed by atoms with Gasteiger partial charge in [-0.1, -0.05) is 39.9 Å². The number of rotatable bonds is 1. The van der Waals surface area contributed by atoms with Crippen molar-refractivity contribution in [2.45, 2.75) is 12.8 Å². The summed E-state index contributed by atoms with van der Waals surface area (Å²) in [6.45, 7) is 0. The maximum atomic E-state index is 11.6. The lowest BCUT2D eigenvalue weighted by atomic mass is 10.1. The first kappa shape index (κ1) is 13.2. The van der Waals surface area contributed by atoms with Crippen LogP contribution in [0.5, 0.6) is 0 Å². The van der Waals surface area contributed by atoms with E-state index in [1.54, 1.807) is 0 Å². The van der Waals surface area contributed by atoms with Gasteiger partial charge in [-0.25, -0.2) is 0 Å². The van der Waals surface area contributed by atoms with Crippen molar-refractivity contribution >= 4 is 32.7 Å². The van der Waals surface area contributed by atoms with Crippen LogP contribution in [0, 0.1) is 17.3 Å². The van der Waals surface area contributed by atoms with E-state index in [-0.39, 0.29) is 5.97 Å². The van der Waals surface area contributed by atoms with Crippen LogP contribution in [0.1, 0.15) is 18.4 Å². The standard InChI is InChI=1S/C17H13BrO2/c1-20-16(19)17(8-9-17)7-6-12-2-3-14-11-15(18)5-4-13(14)10-12/h2-5,10-11H,8-9H2,1H3. The Kier molecular flexibility index (Phi) is 3.27. The second-order valence-corrected chi connectivity index (χ2v) is 5.95. The summed E-state index contributed by atoms with van der Waals surface area (Å²) in [5.41, 5.74) is 0.374. The Morgan fingerprint density at radius 2 is 1.90 bits per heavy atom. The number of carbonyl (C=O) groups excluding carboxylic acids is 1. The van der Waals surface area contributed by atoms with Gasteiger partial charge < -0.3 is 4.74 Å². The highest BCUT2D eigenvalue weighted by Gasteiger charge is 2.50. The molecule has 0 atom stereocenters. The highest BCUT2D eigenvalue weighted by atomic mass is 79.9. The van der Waals surface area contributed by atoms with Crippen LogP contribution < -0.4 is 0 Å². The minimum absolute atomic E-state index is 0.213. The van der Waals surface area contributed by atoms with Gasteiger partial charge >= 0.3 is 5.97 Å². The highest BCUT2D eigenvalue weighted by molar-refractivity contribution is 9.10. The predicted octanol–water partition coefficient (Wildman–Crippen LogP) is 3.91. The maximum absolute atomic E-state index is 11.6. The summed E-state index contributed by atoms with van der Waals surface area (Å²) in [5, 5.41) is 2.31. The summed E-state index contributed by atoms with van der Waals surface area (Å²) < 4.78 is 5.86. The van der Waals surface area contributed by atoms with Crippen LogP contribution in [-0.2, 0) is 9.53 Å². The molecule has 20 heavy (non-hydrogen) atoms. The first-order valence-corrected chi connectivity index (χ1v) is 7.23. The molecule has 0 unspecified atom stereocenters. The van der Waals surface area contributed by atoms with Gasteiger partial charge in [-0.3, -0.25) is 4.79 Å². The van der Waals surface area contributed by atoms with Crippen LogP contribution in [0.2, 0.25) is 0 Å². The van der Waals surface area contributed by atoms with E-state index in [0.29, 0.717) is 0 Å². The second kappa shape index (κ2) is 4.96. The lowest BCUT2D eigenvalue weighted by molar-refractivity contribution is -0.144. The lowest BCUT2D eigenvalue weighted by Gasteiger charge is -2.03. The third kappa shape index (κ3) is 2.44. The predicted molar refractivity (Wildman–Crippen MR) is 82.2 cm³/mol. The molecule has 2 aromatic rings. The van der Waals surface area contributed by atoms with E-state index in [1.165, 1.54) is 12.5 Å². The van der Waals surface area contributed by atoms with Crippen LogP contribution >= 0.6 is 15.9 Å². The topological polar surface area (TPSA) is 26.3 Å². The third-order valence-corrected chi connectivity index (χ3v) is 4.07. The molecule has 3 rings (SSSR count). The Morgan fingerprint density at radius 3 is 2.60 bits per heavy atom. The first-order chi connectivity index (χ1) is 9.63. The molecule has 0 saturated heterocycles. The minimum atomic E-state index is -0.552. The van der Waals surface area contributed by atoms with E-state index < -0.39 is 5.41 Å². The molecule has 0 bridgehead atoms. The number of carbonyl (C=O) groups is 1. The molecule has 0 aliphatic heterocycles. The van der Waals surface area contributed by atoms with Crippen molar-refractivity contribution in [2.75, 3.05) is 7.11 Å². The monoisotopic (exact) mass is 328 g/mol. The number of hydrogen-bond donors (Lipinski definition) is 0. The number of benzene rings is 2. The minimum Gasteiger partial charge on any atom is -0.468 e. The quantitative estimate of drug-likeness (QED) is 0.586. The average Bonchev–Trinajstić information content (AvgIpc) is 3.25. The number of methoxy groups -OCH3 is 1. The van der Waals surface area contributed by atoms with Crippen LogP contribution in [0.4, 0.5) is 0 Å². The Bertz CT molecular complexity index is 748. The Morgan fingerprint density at radius 1 is 1.20 bits per heavy atom. The summed E-state index contributed by atoms with van der Waals surface area (Å²) in [6, 6.07) is 12.2. The fraction of sp³-hybridized carbons (Fsp3) is 0.235. The smallest absolute Gasteiger partial charge is 0.324 e. The largest absolute Gasteiger partial charge is 0.468 e. The zero-order valence-corrected chi connectivity index (χ0v) is 12.7. The third-order valence-electron chi connectivity index (χ3n) is 3.57. The molecular formula is C17H13BrO2. The van der Waals surface area contributed by atoms with Gasteiger partial charge in [0.1, 0.15) is 5.41 Å². The molecule has 1 aliphatic carbocycles. The zero-order valence-electron chi connectivity index (χ0n) is 11.1. The van der Waals surface area contributed by atoms with Gasteiger partial charge in [0.05, 0.1) is 7.11 Å². The van der Waals surface area contributed by atoms with Crippen molar-refractivity contribution in [2.24, 2.45) is 5.41 Å². The average molecular weight is 329 g/mol. The Balaban J connectivity index is 1.93. The van der Waals surface area contributed by atoms with Crippen molar-refractivity contribution < 1.29 is 9.53 Å². The van der Waals surface area contributed by atoms with Gasteiger partial charge in [0.2, 0.25) is 0 Å². The number of esters is 1. The number of ether oxygens (including phenoxy) is 1. The van der Waals surface area contributed by atoms with Crippen molar-refractivity contribution in [3.05, 3.63) is 46.4 Å². The Hall–Kier alpha value is -1.79. The fourth-order valence-corrected chi connectivity index (χ4v) is 2.57. The molecule has 1 aliphatic rings. The summed E-state index contributed by atoms with van der Waals surface area (Å²) >= 11 is 3.46. The Labute approximate surface area is 126 Å². The molecular weight excluding hydrogens is 316 g/mol. The second-order valence-electron chi connectivity index (χ2n) is 5.03. The number of hydrogen-bond acceptors (Lipinski definition) is 2. The van der Waals surface area contributed by atoms with E-state index in [9.17, 15) is 4.79 Å². The molecule has 0 N–H and O–H groups in total. The van der Waals surface area contributed by atoms with Crippen LogP contribution in [0.15, 0.2) is 40.9 Å². The zero-order chi connectivity index (χ0) is 14.2. The number of fused-ring (bicyclic) bond motifs is 1.